The Morgan fingerprint density at radius 1 is 1.06 bits per heavy atom. The van der Waals surface area contributed by atoms with Gasteiger partial charge in [-0.05, 0) is 12.1 Å². The first kappa shape index (κ1) is 14.2. The number of hydrogen-bond donors (Lipinski definition) is 3. The molecule has 0 radical (unpaired) electrons. The Balaban J connectivity index is 2.78. The summed E-state index contributed by atoms with van der Waals surface area (Å²) in [6.45, 7) is 0. The minimum absolute atomic E-state index is 0.0777. The number of carboxylic acid groups (broad SMARTS) is 2. The molecule has 0 spiro atoms. The molecule has 0 aliphatic carbocycles. The summed E-state index contributed by atoms with van der Waals surface area (Å²) in [6, 6.07) is 5.38. The fraction of sp³-hybridized carbons (Fsp3) is 0.250. The van der Waals surface area contributed by atoms with Crippen molar-refractivity contribution < 1.29 is 24.6 Å². The van der Waals surface area contributed by atoms with Gasteiger partial charge in [-0.1, -0.05) is 12.1 Å². The smallest absolute Gasteiger partial charge is 0.335 e. The standard InChI is InChI=1S/C12H12O5S/c13-10(5-9(6-18)12(16)17)7-1-3-8(4-2-7)11(14)15/h1-4,9,18H,5-6H2,(H,14,15)(H,16,17). The van der Waals surface area contributed by atoms with E-state index in [4.69, 9.17) is 10.2 Å². The van der Waals surface area contributed by atoms with E-state index < -0.39 is 17.9 Å². The van der Waals surface area contributed by atoms with Gasteiger partial charge < -0.3 is 10.2 Å². The molecule has 1 aromatic carbocycles. The van der Waals surface area contributed by atoms with Crippen LogP contribution in [0.15, 0.2) is 24.3 Å². The van der Waals surface area contributed by atoms with Crippen molar-refractivity contribution in [3.05, 3.63) is 35.4 Å². The van der Waals surface area contributed by atoms with Crippen LogP contribution in [0.3, 0.4) is 0 Å². The van der Waals surface area contributed by atoms with Crippen LogP contribution in [0.25, 0.3) is 0 Å². The number of ketones is 1. The highest BCUT2D eigenvalue weighted by Gasteiger charge is 2.20. The molecule has 0 bridgehead atoms. The third-order valence-electron chi connectivity index (χ3n) is 2.46. The van der Waals surface area contributed by atoms with Gasteiger partial charge >= 0.3 is 11.9 Å². The van der Waals surface area contributed by atoms with Gasteiger partial charge in [0.15, 0.2) is 5.78 Å². The maximum Gasteiger partial charge on any atom is 0.335 e. The fourth-order valence-corrected chi connectivity index (χ4v) is 1.66. The molecule has 1 atom stereocenters. The van der Waals surface area contributed by atoms with Crippen LogP contribution in [-0.2, 0) is 4.79 Å². The first-order valence-electron chi connectivity index (χ1n) is 5.16. The predicted molar refractivity (Wildman–Crippen MR) is 67.3 cm³/mol. The Morgan fingerprint density at radius 3 is 1.94 bits per heavy atom. The van der Waals surface area contributed by atoms with E-state index in [1.165, 1.54) is 24.3 Å². The van der Waals surface area contributed by atoms with Gasteiger partial charge in [0.25, 0.3) is 0 Å². The Hall–Kier alpha value is -1.82. The van der Waals surface area contributed by atoms with Crippen LogP contribution in [0, 0.1) is 5.92 Å². The molecular formula is C12H12O5S. The lowest BCUT2D eigenvalue weighted by atomic mass is 9.99. The number of Topliss-reactive ketones (excluding diaryl/α,β-unsaturated/α-hetero) is 1. The first-order chi connectivity index (χ1) is 8.45. The Morgan fingerprint density at radius 2 is 1.56 bits per heavy atom. The van der Waals surface area contributed by atoms with Crippen LogP contribution < -0.4 is 0 Å². The molecule has 0 saturated heterocycles. The average molecular weight is 268 g/mol. The van der Waals surface area contributed by atoms with Crippen LogP contribution in [-0.4, -0.2) is 33.7 Å². The largest absolute Gasteiger partial charge is 0.481 e. The summed E-state index contributed by atoms with van der Waals surface area (Å²) in [7, 11) is 0. The van der Waals surface area contributed by atoms with Gasteiger partial charge in [0.2, 0.25) is 0 Å². The second-order valence-corrected chi connectivity index (χ2v) is 4.09. The molecule has 1 aromatic rings. The molecule has 0 amide bonds. The van der Waals surface area contributed by atoms with Crippen molar-refractivity contribution in [3.63, 3.8) is 0 Å². The van der Waals surface area contributed by atoms with E-state index >= 15 is 0 Å². The molecule has 5 nitrogen and oxygen atoms in total. The molecule has 96 valence electrons. The van der Waals surface area contributed by atoms with Crippen LogP contribution >= 0.6 is 12.6 Å². The molecule has 0 saturated carbocycles. The normalized spacial score (nSPS) is 11.8. The molecule has 18 heavy (non-hydrogen) atoms. The number of hydrogen-bond acceptors (Lipinski definition) is 4. The van der Waals surface area contributed by atoms with Crippen molar-refractivity contribution in [3.8, 4) is 0 Å². The summed E-state index contributed by atoms with van der Waals surface area (Å²) < 4.78 is 0. The van der Waals surface area contributed by atoms with Crippen molar-refractivity contribution in [1.82, 2.24) is 0 Å². The lowest BCUT2D eigenvalue weighted by Crippen LogP contribution is -2.19. The summed E-state index contributed by atoms with van der Waals surface area (Å²) in [4.78, 5) is 33.1. The average Bonchev–Trinajstić information content (AvgIpc) is 2.35. The Bertz CT molecular complexity index is 466. The van der Waals surface area contributed by atoms with Gasteiger partial charge in [-0.25, -0.2) is 4.79 Å². The van der Waals surface area contributed by atoms with Crippen LogP contribution in [0.2, 0.25) is 0 Å². The number of carboxylic acids is 2. The van der Waals surface area contributed by atoms with Crippen LogP contribution in [0.5, 0.6) is 0 Å². The molecule has 0 aliphatic rings. The van der Waals surface area contributed by atoms with Crippen LogP contribution in [0.1, 0.15) is 27.1 Å². The Labute approximate surface area is 109 Å². The highest BCUT2D eigenvalue weighted by molar-refractivity contribution is 7.80. The number of aromatic carboxylic acids is 1. The van der Waals surface area contributed by atoms with Gasteiger partial charge in [-0.15, -0.1) is 0 Å². The molecule has 0 aliphatic heterocycles. The summed E-state index contributed by atoms with van der Waals surface area (Å²) in [5.74, 6) is -3.24. The van der Waals surface area contributed by atoms with Gasteiger partial charge in [-0.2, -0.15) is 12.6 Å². The van der Waals surface area contributed by atoms with E-state index in [0.29, 0.717) is 5.56 Å². The van der Waals surface area contributed by atoms with E-state index in [9.17, 15) is 14.4 Å². The zero-order chi connectivity index (χ0) is 13.7. The summed E-state index contributed by atoms with van der Waals surface area (Å²) in [6.07, 6.45) is -0.148. The predicted octanol–water partition coefficient (Wildman–Crippen LogP) is 1.59. The number of thiol groups is 1. The van der Waals surface area contributed by atoms with Gasteiger partial charge in [0.1, 0.15) is 0 Å². The fourth-order valence-electron chi connectivity index (χ4n) is 1.37. The molecule has 2 N–H and O–H groups in total. The molecule has 6 heteroatoms. The SMILES string of the molecule is O=C(O)c1ccc(C(=O)CC(CS)C(=O)O)cc1. The van der Waals surface area contributed by atoms with Gasteiger partial charge in [0, 0.05) is 17.7 Å². The van der Waals surface area contributed by atoms with E-state index in [0.717, 1.165) is 0 Å². The molecular weight excluding hydrogens is 256 g/mol. The lowest BCUT2D eigenvalue weighted by Gasteiger charge is -2.08. The third-order valence-corrected chi connectivity index (χ3v) is 2.90. The van der Waals surface area contributed by atoms with Crippen molar-refractivity contribution in [2.75, 3.05) is 5.75 Å². The van der Waals surface area contributed by atoms with Crippen molar-refractivity contribution >= 4 is 30.4 Å². The van der Waals surface area contributed by atoms with Crippen molar-refractivity contribution in [1.29, 1.82) is 0 Å². The minimum atomic E-state index is -1.08. The Kier molecular flexibility index (Phi) is 4.91. The monoisotopic (exact) mass is 268 g/mol. The lowest BCUT2D eigenvalue weighted by molar-refractivity contribution is -0.140. The number of carbonyl (C=O) groups is 3. The molecule has 0 fully saturated rings. The topological polar surface area (TPSA) is 91.7 Å². The molecule has 1 unspecified atom stereocenters. The highest BCUT2D eigenvalue weighted by Crippen LogP contribution is 2.13. The number of carbonyl (C=O) groups excluding carboxylic acids is 1. The number of benzene rings is 1. The highest BCUT2D eigenvalue weighted by atomic mass is 32.1. The van der Waals surface area contributed by atoms with E-state index in [1.807, 2.05) is 0 Å². The van der Waals surface area contributed by atoms with Gasteiger partial charge in [0.05, 0.1) is 11.5 Å². The maximum absolute atomic E-state index is 11.8. The molecule has 1 rings (SSSR count). The molecule has 0 heterocycles. The first-order valence-corrected chi connectivity index (χ1v) is 5.79. The summed E-state index contributed by atoms with van der Waals surface area (Å²) >= 11 is 3.87. The summed E-state index contributed by atoms with van der Waals surface area (Å²) in [5.41, 5.74) is 0.378. The number of rotatable bonds is 6. The van der Waals surface area contributed by atoms with Crippen molar-refractivity contribution in [2.24, 2.45) is 5.92 Å². The summed E-state index contributed by atoms with van der Waals surface area (Å²) in [5, 5.41) is 17.5. The zero-order valence-electron chi connectivity index (χ0n) is 9.37. The number of aliphatic carboxylic acids is 1. The molecule has 0 aromatic heterocycles. The van der Waals surface area contributed by atoms with E-state index in [-0.39, 0.29) is 23.5 Å². The minimum Gasteiger partial charge on any atom is -0.481 e. The zero-order valence-corrected chi connectivity index (χ0v) is 10.3. The second kappa shape index (κ2) is 6.20. The quantitative estimate of drug-likeness (QED) is 0.538. The van der Waals surface area contributed by atoms with Gasteiger partial charge in [-0.3, -0.25) is 9.59 Å². The van der Waals surface area contributed by atoms with E-state index in [2.05, 4.69) is 12.6 Å². The van der Waals surface area contributed by atoms with Crippen molar-refractivity contribution in [2.45, 2.75) is 6.42 Å². The van der Waals surface area contributed by atoms with E-state index in [1.54, 1.807) is 0 Å². The van der Waals surface area contributed by atoms with Crippen LogP contribution in [0.4, 0.5) is 0 Å². The second-order valence-electron chi connectivity index (χ2n) is 3.73. The third kappa shape index (κ3) is 3.59. The maximum atomic E-state index is 11.8.